The van der Waals surface area contributed by atoms with Crippen molar-refractivity contribution in [2.75, 3.05) is 46.4 Å². The maximum Gasteiger partial charge on any atom is 0.338 e. The second-order valence-electron chi connectivity index (χ2n) is 6.08. The zero-order valence-corrected chi connectivity index (χ0v) is 13.9. The number of carbonyl (C=O) groups excluding carboxylic acids is 1. The zero-order chi connectivity index (χ0) is 15.9. The lowest BCUT2D eigenvalue weighted by molar-refractivity contribution is -1.00. The summed E-state index contributed by atoms with van der Waals surface area (Å²) in [4.78, 5) is 15.3. The molecule has 0 radical (unpaired) electrons. The van der Waals surface area contributed by atoms with E-state index in [1.54, 1.807) is 29.2 Å². The third-order valence-corrected chi connectivity index (χ3v) is 4.10. The molecule has 2 rings (SSSR count). The smallest absolute Gasteiger partial charge is 0.338 e. The Morgan fingerprint density at radius 1 is 1.18 bits per heavy atom. The van der Waals surface area contributed by atoms with E-state index in [9.17, 15) is 4.79 Å². The number of piperazine rings is 1. The van der Waals surface area contributed by atoms with Crippen LogP contribution in [0.3, 0.4) is 0 Å². The largest absolute Gasteiger partial charge is 0.494 e. The van der Waals surface area contributed by atoms with E-state index < -0.39 is 0 Å². The van der Waals surface area contributed by atoms with Crippen LogP contribution < -0.4 is 14.5 Å². The molecule has 1 aliphatic rings. The first-order valence-corrected chi connectivity index (χ1v) is 8.17. The van der Waals surface area contributed by atoms with Gasteiger partial charge in [0, 0.05) is 0 Å². The minimum Gasteiger partial charge on any atom is -0.494 e. The first-order valence-electron chi connectivity index (χ1n) is 8.17. The average molecular weight is 308 g/mol. The minimum atomic E-state index is -0.255. The number of esters is 1. The van der Waals surface area contributed by atoms with Gasteiger partial charge in [0.2, 0.25) is 0 Å². The summed E-state index contributed by atoms with van der Waals surface area (Å²) in [6.07, 6.45) is -0.0625. The SMILES string of the molecule is CCOc1ccc(C(=O)O[C@H](C)C[NH+]2CC[NH+](C)CC2)cc1. The van der Waals surface area contributed by atoms with E-state index in [0.29, 0.717) is 12.2 Å². The zero-order valence-electron chi connectivity index (χ0n) is 13.9. The lowest BCUT2D eigenvalue weighted by Gasteiger charge is -2.28. The lowest BCUT2D eigenvalue weighted by atomic mass is 10.2. The molecule has 0 saturated carbocycles. The van der Waals surface area contributed by atoms with Gasteiger partial charge in [-0.15, -0.1) is 0 Å². The van der Waals surface area contributed by atoms with E-state index in [0.717, 1.165) is 25.4 Å². The standard InChI is InChI=1S/C17H26N2O3/c1-4-21-16-7-5-15(6-8-16)17(20)22-14(2)13-19-11-9-18(3)10-12-19/h5-8,14H,4,9-13H2,1-3H3/p+2/t14-/m1/s1. The summed E-state index contributed by atoms with van der Waals surface area (Å²) in [5, 5.41) is 0. The van der Waals surface area contributed by atoms with E-state index in [2.05, 4.69) is 7.05 Å². The number of carbonyl (C=O) groups is 1. The van der Waals surface area contributed by atoms with E-state index in [1.165, 1.54) is 18.0 Å². The molecule has 1 aliphatic heterocycles. The molecule has 0 aliphatic carbocycles. The van der Waals surface area contributed by atoms with Crippen LogP contribution in [-0.2, 0) is 4.74 Å². The molecule has 1 atom stereocenters. The normalized spacial score (nSPS) is 22.9. The molecule has 1 aromatic rings. The van der Waals surface area contributed by atoms with E-state index in [1.807, 2.05) is 13.8 Å². The predicted octanol–water partition coefficient (Wildman–Crippen LogP) is -0.956. The molecule has 5 heteroatoms. The number of nitrogens with one attached hydrogen (secondary N) is 2. The molecule has 0 bridgehead atoms. The lowest BCUT2D eigenvalue weighted by Crippen LogP contribution is -3.27. The van der Waals surface area contributed by atoms with Crippen molar-refractivity contribution in [1.29, 1.82) is 0 Å². The van der Waals surface area contributed by atoms with Gasteiger partial charge in [0.15, 0.2) is 0 Å². The summed E-state index contributed by atoms with van der Waals surface area (Å²) in [5.41, 5.74) is 0.577. The molecule has 2 N–H and O–H groups in total. The molecule has 0 amide bonds. The maximum absolute atomic E-state index is 12.1. The highest BCUT2D eigenvalue weighted by molar-refractivity contribution is 5.89. The van der Waals surface area contributed by atoms with E-state index in [-0.39, 0.29) is 12.1 Å². The van der Waals surface area contributed by atoms with Crippen molar-refractivity contribution in [3.63, 3.8) is 0 Å². The molecule has 1 aromatic carbocycles. The predicted molar refractivity (Wildman–Crippen MR) is 84.7 cm³/mol. The van der Waals surface area contributed by atoms with Crippen molar-refractivity contribution in [1.82, 2.24) is 0 Å². The number of ether oxygens (including phenoxy) is 2. The Bertz CT molecular complexity index is 467. The topological polar surface area (TPSA) is 44.4 Å². The van der Waals surface area contributed by atoms with Crippen molar-refractivity contribution in [2.24, 2.45) is 0 Å². The Balaban J connectivity index is 1.80. The van der Waals surface area contributed by atoms with Gasteiger partial charge in [-0.05, 0) is 38.1 Å². The average Bonchev–Trinajstić information content (AvgIpc) is 2.50. The van der Waals surface area contributed by atoms with Gasteiger partial charge in [-0.25, -0.2) is 4.79 Å². The molecular formula is C17H28N2O3+2. The van der Waals surface area contributed by atoms with Crippen LogP contribution >= 0.6 is 0 Å². The molecule has 1 saturated heterocycles. The Labute approximate surface area is 132 Å². The highest BCUT2D eigenvalue weighted by atomic mass is 16.5. The number of benzene rings is 1. The van der Waals surface area contributed by atoms with Gasteiger partial charge in [-0.1, -0.05) is 0 Å². The molecule has 0 spiro atoms. The summed E-state index contributed by atoms with van der Waals surface area (Å²) in [5.74, 6) is 0.520. The molecule has 122 valence electrons. The van der Waals surface area contributed by atoms with Crippen LogP contribution in [0.4, 0.5) is 0 Å². The number of likely N-dealkylation sites (N-methyl/N-ethyl adjacent to an activating group) is 1. The van der Waals surface area contributed by atoms with Crippen LogP contribution in [0.2, 0.25) is 0 Å². The molecule has 22 heavy (non-hydrogen) atoms. The summed E-state index contributed by atoms with van der Waals surface area (Å²) < 4.78 is 10.9. The van der Waals surface area contributed by atoms with Crippen molar-refractivity contribution in [3.05, 3.63) is 29.8 Å². The van der Waals surface area contributed by atoms with Crippen molar-refractivity contribution in [3.8, 4) is 5.75 Å². The van der Waals surface area contributed by atoms with Crippen LogP contribution in [0, 0.1) is 0 Å². The van der Waals surface area contributed by atoms with Crippen molar-refractivity contribution in [2.45, 2.75) is 20.0 Å². The first kappa shape index (κ1) is 16.8. The van der Waals surface area contributed by atoms with Crippen LogP contribution in [-0.4, -0.2) is 58.5 Å². The Morgan fingerprint density at radius 2 is 1.82 bits per heavy atom. The van der Waals surface area contributed by atoms with Crippen LogP contribution in [0.15, 0.2) is 24.3 Å². The fourth-order valence-electron chi connectivity index (χ4n) is 2.79. The van der Waals surface area contributed by atoms with Gasteiger partial charge in [0.25, 0.3) is 0 Å². The van der Waals surface area contributed by atoms with Crippen LogP contribution in [0.1, 0.15) is 24.2 Å². The summed E-state index contributed by atoms with van der Waals surface area (Å²) >= 11 is 0. The fraction of sp³-hybridized carbons (Fsp3) is 0.588. The first-order chi connectivity index (χ1) is 10.6. The van der Waals surface area contributed by atoms with E-state index in [4.69, 9.17) is 9.47 Å². The van der Waals surface area contributed by atoms with Gasteiger partial charge in [-0.2, -0.15) is 0 Å². The van der Waals surface area contributed by atoms with Gasteiger partial charge >= 0.3 is 5.97 Å². The molecule has 5 nitrogen and oxygen atoms in total. The third-order valence-electron chi connectivity index (χ3n) is 4.10. The minimum absolute atomic E-state index is 0.0625. The third kappa shape index (κ3) is 5.00. The van der Waals surface area contributed by atoms with Crippen LogP contribution in [0.5, 0.6) is 5.75 Å². The number of rotatable bonds is 6. The van der Waals surface area contributed by atoms with Crippen molar-refractivity contribution < 1.29 is 24.1 Å². The van der Waals surface area contributed by atoms with Gasteiger partial charge in [0.05, 0.1) is 19.2 Å². The number of hydrogen-bond acceptors (Lipinski definition) is 3. The number of quaternary nitrogens is 2. The summed E-state index contributed by atoms with van der Waals surface area (Å²) in [6.45, 7) is 10.1. The van der Waals surface area contributed by atoms with Gasteiger partial charge < -0.3 is 19.3 Å². The van der Waals surface area contributed by atoms with Gasteiger partial charge in [0.1, 0.15) is 44.6 Å². The van der Waals surface area contributed by atoms with Crippen LogP contribution in [0.25, 0.3) is 0 Å². The summed E-state index contributed by atoms with van der Waals surface area (Å²) in [7, 11) is 2.23. The Hall–Kier alpha value is -1.59. The molecular weight excluding hydrogens is 280 g/mol. The highest BCUT2D eigenvalue weighted by Crippen LogP contribution is 2.13. The molecule has 0 aromatic heterocycles. The fourth-order valence-corrected chi connectivity index (χ4v) is 2.79. The molecule has 0 unspecified atom stereocenters. The molecule has 1 heterocycles. The number of hydrogen-bond donors (Lipinski definition) is 2. The quantitative estimate of drug-likeness (QED) is 0.666. The second kappa shape index (κ2) is 8.15. The Morgan fingerprint density at radius 3 is 2.41 bits per heavy atom. The highest BCUT2D eigenvalue weighted by Gasteiger charge is 2.23. The van der Waals surface area contributed by atoms with E-state index >= 15 is 0 Å². The second-order valence-corrected chi connectivity index (χ2v) is 6.08. The van der Waals surface area contributed by atoms with Crippen molar-refractivity contribution >= 4 is 5.97 Å². The summed E-state index contributed by atoms with van der Waals surface area (Å²) in [6, 6.07) is 7.12. The molecule has 1 fully saturated rings. The maximum atomic E-state index is 12.1. The Kier molecular flexibility index (Phi) is 6.21. The monoisotopic (exact) mass is 308 g/mol. The van der Waals surface area contributed by atoms with Gasteiger partial charge in [-0.3, -0.25) is 0 Å².